The van der Waals surface area contributed by atoms with Gasteiger partial charge in [0, 0.05) is 17.3 Å². The molecule has 2 heterocycles. The fourth-order valence-electron chi connectivity index (χ4n) is 2.21. The first-order valence-corrected chi connectivity index (χ1v) is 7.12. The third-order valence-electron chi connectivity index (χ3n) is 3.28. The Labute approximate surface area is 136 Å². The third-order valence-corrected chi connectivity index (χ3v) is 3.61. The first kappa shape index (κ1) is 15.3. The van der Waals surface area contributed by atoms with E-state index in [2.05, 4.69) is 10.3 Å². The highest BCUT2D eigenvalue weighted by molar-refractivity contribution is 6.33. The quantitative estimate of drug-likeness (QED) is 0.808. The summed E-state index contributed by atoms with van der Waals surface area (Å²) >= 11 is 6.13. The molecule has 8 heteroatoms. The van der Waals surface area contributed by atoms with Crippen molar-refractivity contribution in [2.75, 3.05) is 18.5 Å². The van der Waals surface area contributed by atoms with Crippen molar-refractivity contribution in [1.82, 2.24) is 9.88 Å². The molecule has 1 aromatic heterocycles. The van der Waals surface area contributed by atoms with E-state index in [1.165, 1.54) is 18.7 Å². The van der Waals surface area contributed by atoms with Crippen molar-refractivity contribution in [3.05, 3.63) is 47.6 Å². The van der Waals surface area contributed by atoms with Gasteiger partial charge in [-0.2, -0.15) is 0 Å². The molecular formula is C15H12ClN3O4. The highest BCUT2D eigenvalue weighted by Gasteiger charge is 2.30. The zero-order valence-corrected chi connectivity index (χ0v) is 12.6. The van der Waals surface area contributed by atoms with E-state index < -0.39 is 11.8 Å². The van der Waals surface area contributed by atoms with Gasteiger partial charge in [0.05, 0.1) is 24.4 Å². The van der Waals surface area contributed by atoms with Crippen molar-refractivity contribution in [3.63, 3.8) is 0 Å². The molecule has 7 nitrogen and oxygen atoms in total. The SMILES string of the molecule is O=C1C=C(Nc2ccc(Cl)c(-c3cnco3)c2)C(=O)N1CCO. The van der Waals surface area contributed by atoms with Gasteiger partial charge < -0.3 is 14.8 Å². The molecule has 1 aliphatic heterocycles. The number of anilines is 1. The zero-order valence-electron chi connectivity index (χ0n) is 11.8. The molecule has 0 fully saturated rings. The van der Waals surface area contributed by atoms with Gasteiger partial charge in [-0.3, -0.25) is 14.5 Å². The Bertz CT molecular complexity index is 786. The van der Waals surface area contributed by atoms with Crippen LogP contribution in [0.4, 0.5) is 5.69 Å². The lowest BCUT2D eigenvalue weighted by Crippen LogP contribution is -2.34. The lowest BCUT2D eigenvalue weighted by Gasteiger charge is -2.13. The highest BCUT2D eigenvalue weighted by atomic mass is 35.5. The lowest BCUT2D eigenvalue weighted by molar-refractivity contribution is -0.137. The van der Waals surface area contributed by atoms with Gasteiger partial charge in [-0.15, -0.1) is 0 Å². The van der Waals surface area contributed by atoms with E-state index in [-0.39, 0.29) is 18.8 Å². The van der Waals surface area contributed by atoms with Crippen LogP contribution in [0.1, 0.15) is 0 Å². The summed E-state index contributed by atoms with van der Waals surface area (Å²) in [6, 6.07) is 5.01. The monoisotopic (exact) mass is 333 g/mol. The number of hydrogen-bond acceptors (Lipinski definition) is 6. The van der Waals surface area contributed by atoms with Gasteiger partial charge in [0.25, 0.3) is 11.8 Å². The van der Waals surface area contributed by atoms with Crippen molar-refractivity contribution < 1.29 is 19.1 Å². The number of rotatable bonds is 5. The van der Waals surface area contributed by atoms with Crippen LogP contribution in [-0.2, 0) is 9.59 Å². The molecule has 2 N–H and O–H groups in total. The number of halogens is 1. The maximum Gasteiger partial charge on any atom is 0.277 e. The van der Waals surface area contributed by atoms with Gasteiger partial charge in [-0.1, -0.05) is 11.6 Å². The second-order valence-electron chi connectivity index (χ2n) is 4.76. The molecule has 0 spiro atoms. The van der Waals surface area contributed by atoms with E-state index in [0.29, 0.717) is 22.0 Å². The molecule has 1 aromatic carbocycles. The number of nitrogens with one attached hydrogen (secondary N) is 1. The standard InChI is InChI=1S/C15H12ClN3O4/c16-11-2-1-9(5-10(11)13-7-17-8-23-13)18-12-6-14(21)19(3-4-20)15(12)22/h1-2,5-8,18,20H,3-4H2. The minimum Gasteiger partial charge on any atom is -0.443 e. The number of aromatic nitrogens is 1. The van der Waals surface area contributed by atoms with Gasteiger partial charge in [0.1, 0.15) is 5.70 Å². The number of carbonyl (C=O) groups excluding carboxylic acids is 2. The number of oxazole rings is 1. The number of aliphatic hydroxyl groups excluding tert-OH is 1. The van der Waals surface area contributed by atoms with Gasteiger partial charge in [-0.25, -0.2) is 4.98 Å². The fraction of sp³-hybridized carbons (Fsp3) is 0.133. The van der Waals surface area contributed by atoms with E-state index in [4.69, 9.17) is 21.1 Å². The second kappa shape index (κ2) is 6.23. The van der Waals surface area contributed by atoms with Crippen LogP contribution in [0, 0.1) is 0 Å². The molecule has 0 saturated heterocycles. The molecule has 0 saturated carbocycles. The molecule has 3 rings (SSSR count). The van der Waals surface area contributed by atoms with Crippen LogP contribution in [0.3, 0.4) is 0 Å². The topological polar surface area (TPSA) is 95.7 Å². The van der Waals surface area contributed by atoms with Crippen molar-refractivity contribution in [3.8, 4) is 11.3 Å². The summed E-state index contributed by atoms with van der Waals surface area (Å²) in [6.07, 6.45) is 4.01. The third kappa shape index (κ3) is 2.96. The molecule has 23 heavy (non-hydrogen) atoms. The maximum absolute atomic E-state index is 12.1. The van der Waals surface area contributed by atoms with Crippen LogP contribution in [0.5, 0.6) is 0 Å². The lowest BCUT2D eigenvalue weighted by atomic mass is 10.1. The number of hydrogen-bond donors (Lipinski definition) is 2. The summed E-state index contributed by atoms with van der Waals surface area (Å²) in [5.74, 6) is -0.459. The summed E-state index contributed by atoms with van der Waals surface area (Å²) in [6.45, 7) is -0.321. The Kier molecular flexibility index (Phi) is 4.14. The molecular weight excluding hydrogens is 322 g/mol. The molecule has 118 valence electrons. The Morgan fingerprint density at radius 3 is 2.87 bits per heavy atom. The summed E-state index contributed by atoms with van der Waals surface area (Å²) in [5, 5.41) is 12.2. The van der Waals surface area contributed by atoms with E-state index in [0.717, 1.165) is 4.90 Å². The number of nitrogens with zero attached hydrogens (tertiary/aromatic N) is 2. The van der Waals surface area contributed by atoms with Crippen LogP contribution in [0.2, 0.25) is 5.02 Å². The number of carbonyl (C=O) groups is 2. The summed E-state index contributed by atoms with van der Waals surface area (Å²) < 4.78 is 5.22. The maximum atomic E-state index is 12.1. The summed E-state index contributed by atoms with van der Waals surface area (Å²) in [7, 11) is 0. The molecule has 0 radical (unpaired) electrons. The number of β-amino-alcohol motifs (C(OH)–C–C–N with tert-alkyl or cyclic N) is 1. The largest absolute Gasteiger partial charge is 0.443 e. The van der Waals surface area contributed by atoms with E-state index in [1.54, 1.807) is 18.2 Å². The van der Waals surface area contributed by atoms with Crippen molar-refractivity contribution >= 4 is 29.1 Å². The van der Waals surface area contributed by atoms with Crippen molar-refractivity contribution in [2.24, 2.45) is 0 Å². The van der Waals surface area contributed by atoms with Gasteiger partial charge in [0.2, 0.25) is 0 Å². The average Bonchev–Trinajstić information content (AvgIpc) is 3.14. The molecule has 0 bridgehead atoms. The molecule has 2 amide bonds. The van der Waals surface area contributed by atoms with Crippen LogP contribution >= 0.6 is 11.6 Å². The number of imide groups is 1. The first-order chi connectivity index (χ1) is 11.1. The highest BCUT2D eigenvalue weighted by Crippen LogP contribution is 2.31. The first-order valence-electron chi connectivity index (χ1n) is 6.74. The smallest absolute Gasteiger partial charge is 0.277 e. The zero-order chi connectivity index (χ0) is 16.4. The number of benzene rings is 1. The normalized spacial score (nSPS) is 14.3. The van der Waals surface area contributed by atoms with E-state index in [9.17, 15) is 9.59 Å². The Balaban J connectivity index is 1.84. The number of amides is 2. The molecule has 0 aliphatic carbocycles. The second-order valence-corrected chi connectivity index (χ2v) is 5.17. The predicted octanol–water partition coefficient (Wildman–Crippen LogP) is 1.65. The average molecular weight is 334 g/mol. The Morgan fingerprint density at radius 1 is 1.35 bits per heavy atom. The van der Waals surface area contributed by atoms with Gasteiger partial charge in [-0.05, 0) is 18.2 Å². The van der Waals surface area contributed by atoms with Crippen LogP contribution < -0.4 is 5.32 Å². The molecule has 0 atom stereocenters. The van der Waals surface area contributed by atoms with Crippen molar-refractivity contribution in [2.45, 2.75) is 0 Å². The minimum atomic E-state index is -0.486. The van der Waals surface area contributed by atoms with Gasteiger partial charge in [0.15, 0.2) is 12.2 Å². The minimum absolute atomic E-state index is 0.0384. The summed E-state index contributed by atoms with van der Waals surface area (Å²) in [5.41, 5.74) is 1.31. The Hall–Kier alpha value is -2.64. The number of aliphatic hydroxyl groups is 1. The van der Waals surface area contributed by atoms with Crippen LogP contribution in [0.25, 0.3) is 11.3 Å². The molecule has 2 aromatic rings. The van der Waals surface area contributed by atoms with Gasteiger partial charge >= 0.3 is 0 Å². The molecule has 1 aliphatic rings. The van der Waals surface area contributed by atoms with Crippen LogP contribution in [0.15, 0.2) is 47.0 Å². The predicted molar refractivity (Wildman–Crippen MR) is 82.5 cm³/mol. The van der Waals surface area contributed by atoms with E-state index >= 15 is 0 Å². The van der Waals surface area contributed by atoms with Crippen LogP contribution in [-0.4, -0.2) is 40.0 Å². The molecule has 0 unspecified atom stereocenters. The Morgan fingerprint density at radius 2 is 2.17 bits per heavy atom. The summed E-state index contributed by atoms with van der Waals surface area (Å²) in [4.78, 5) is 28.6. The van der Waals surface area contributed by atoms with Crippen molar-refractivity contribution in [1.29, 1.82) is 0 Å². The van der Waals surface area contributed by atoms with E-state index in [1.807, 2.05) is 0 Å². The fourth-order valence-corrected chi connectivity index (χ4v) is 2.42.